The first-order valence-electron chi connectivity index (χ1n) is 5.73. The molecule has 1 aromatic heterocycles. The molecule has 92 valence electrons. The summed E-state index contributed by atoms with van der Waals surface area (Å²) in [4.78, 5) is 26.4. The lowest BCUT2D eigenvalue weighted by atomic mass is 10.1. The van der Waals surface area contributed by atoms with Gasteiger partial charge in [0.05, 0.1) is 9.75 Å². The second-order valence-corrected chi connectivity index (χ2v) is 5.46. The van der Waals surface area contributed by atoms with Gasteiger partial charge in [-0.25, -0.2) is 0 Å². The third-order valence-corrected chi connectivity index (χ3v) is 4.08. The van der Waals surface area contributed by atoms with E-state index < -0.39 is 0 Å². The van der Waals surface area contributed by atoms with Crippen molar-refractivity contribution in [3.05, 3.63) is 21.9 Å². The van der Waals surface area contributed by atoms with E-state index in [1.807, 2.05) is 0 Å². The highest BCUT2D eigenvalue weighted by Gasteiger charge is 2.23. The standard InChI is InChI=1S/C12H16N2O2S/c1-8(15)10-4-5-11(17-10)12(16)14-6-2-3-9(13)7-14/h4-5,9H,2-3,6-7,13H2,1H3/t9-/m0/s1. The highest BCUT2D eigenvalue weighted by atomic mass is 32.1. The minimum absolute atomic E-state index is 0.00218. The number of ketones is 1. The van der Waals surface area contributed by atoms with Gasteiger partial charge >= 0.3 is 0 Å². The van der Waals surface area contributed by atoms with E-state index in [-0.39, 0.29) is 17.7 Å². The van der Waals surface area contributed by atoms with Crippen LogP contribution in [0.1, 0.15) is 39.1 Å². The number of amides is 1. The molecule has 1 aromatic rings. The first-order valence-corrected chi connectivity index (χ1v) is 6.55. The van der Waals surface area contributed by atoms with E-state index >= 15 is 0 Å². The second kappa shape index (κ2) is 4.98. The van der Waals surface area contributed by atoms with Gasteiger partial charge in [0.2, 0.25) is 0 Å². The molecule has 1 saturated heterocycles. The third kappa shape index (κ3) is 2.73. The molecule has 1 fully saturated rings. The summed E-state index contributed by atoms with van der Waals surface area (Å²) in [6, 6.07) is 3.52. The molecular formula is C12H16N2O2S. The monoisotopic (exact) mass is 252 g/mol. The Bertz CT molecular complexity index is 441. The van der Waals surface area contributed by atoms with Gasteiger partial charge in [0.1, 0.15) is 0 Å². The molecule has 0 radical (unpaired) electrons. The van der Waals surface area contributed by atoms with Crippen LogP contribution < -0.4 is 5.73 Å². The van der Waals surface area contributed by atoms with Crippen LogP contribution in [-0.4, -0.2) is 35.7 Å². The molecule has 1 aliphatic heterocycles. The highest BCUT2D eigenvalue weighted by Crippen LogP contribution is 2.20. The Morgan fingerprint density at radius 3 is 2.71 bits per heavy atom. The average molecular weight is 252 g/mol. The molecule has 1 aliphatic rings. The molecule has 0 aromatic carbocycles. The van der Waals surface area contributed by atoms with E-state index in [4.69, 9.17) is 5.73 Å². The van der Waals surface area contributed by atoms with E-state index in [0.29, 0.717) is 16.3 Å². The number of carbonyl (C=O) groups is 2. The van der Waals surface area contributed by atoms with Gasteiger partial charge in [0, 0.05) is 19.1 Å². The summed E-state index contributed by atoms with van der Waals surface area (Å²) in [6.45, 7) is 2.89. The lowest BCUT2D eigenvalue weighted by Crippen LogP contribution is -2.45. The zero-order valence-electron chi connectivity index (χ0n) is 9.81. The summed E-state index contributed by atoms with van der Waals surface area (Å²) in [5.74, 6) is 0.00189. The van der Waals surface area contributed by atoms with Crippen LogP contribution in [0.3, 0.4) is 0 Å². The molecule has 17 heavy (non-hydrogen) atoms. The Balaban J connectivity index is 2.10. The Kier molecular flexibility index (Phi) is 3.59. The molecule has 2 heterocycles. The van der Waals surface area contributed by atoms with Crippen LogP contribution >= 0.6 is 11.3 Å². The van der Waals surface area contributed by atoms with Crippen molar-refractivity contribution in [2.75, 3.05) is 13.1 Å². The zero-order chi connectivity index (χ0) is 12.4. The van der Waals surface area contributed by atoms with Crippen LogP contribution in [0.4, 0.5) is 0 Å². The largest absolute Gasteiger partial charge is 0.336 e. The number of thiophene rings is 1. The Hall–Kier alpha value is -1.20. The molecule has 0 unspecified atom stereocenters. The van der Waals surface area contributed by atoms with E-state index in [1.165, 1.54) is 18.3 Å². The number of rotatable bonds is 2. The molecule has 4 nitrogen and oxygen atoms in total. The predicted molar refractivity (Wildman–Crippen MR) is 67.4 cm³/mol. The van der Waals surface area contributed by atoms with E-state index in [9.17, 15) is 9.59 Å². The van der Waals surface area contributed by atoms with Crippen molar-refractivity contribution in [2.24, 2.45) is 5.73 Å². The zero-order valence-corrected chi connectivity index (χ0v) is 10.6. The van der Waals surface area contributed by atoms with E-state index in [0.717, 1.165) is 19.4 Å². The summed E-state index contributed by atoms with van der Waals surface area (Å²) in [5, 5.41) is 0. The number of Topliss-reactive ketones (excluding diaryl/α,β-unsaturated/α-hetero) is 1. The summed E-state index contributed by atoms with van der Waals surface area (Å²) in [5.41, 5.74) is 5.85. The maximum absolute atomic E-state index is 12.2. The molecule has 0 saturated carbocycles. The van der Waals surface area contributed by atoms with Gasteiger partial charge in [-0.2, -0.15) is 0 Å². The summed E-state index contributed by atoms with van der Waals surface area (Å²) < 4.78 is 0. The fourth-order valence-electron chi connectivity index (χ4n) is 1.99. The van der Waals surface area contributed by atoms with Crippen LogP contribution in [0.5, 0.6) is 0 Å². The molecule has 5 heteroatoms. The maximum Gasteiger partial charge on any atom is 0.263 e. The van der Waals surface area contributed by atoms with Crippen molar-refractivity contribution in [1.82, 2.24) is 4.90 Å². The van der Waals surface area contributed by atoms with Crippen molar-refractivity contribution >= 4 is 23.0 Å². The van der Waals surface area contributed by atoms with Gasteiger partial charge < -0.3 is 10.6 Å². The number of nitrogens with two attached hydrogens (primary N) is 1. The molecule has 0 bridgehead atoms. The van der Waals surface area contributed by atoms with Crippen molar-refractivity contribution in [3.63, 3.8) is 0 Å². The number of likely N-dealkylation sites (tertiary alicyclic amines) is 1. The van der Waals surface area contributed by atoms with Gasteiger partial charge in [-0.3, -0.25) is 9.59 Å². The molecule has 2 N–H and O–H groups in total. The SMILES string of the molecule is CC(=O)c1ccc(C(=O)N2CCC[C@H](N)C2)s1. The second-order valence-electron chi connectivity index (χ2n) is 4.37. The summed E-state index contributed by atoms with van der Waals surface area (Å²) in [7, 11) is 0. The van der Waals surface area contributed by atoms with Gasteiger partial charge in [-0.1, -0.05) is 0 Å². The number of piperidine rings is 1. The summed E-state index contributed by atoms with van der Waals surface area (Å²) in [6.07, 6.45) is 1.94. The van der Waals surface area contributed by atoms with Crippen molar-refractivity contribution in [2.45, 2.75) is 25.8 Å². The van der Waals surface area contributed by atoms with Gasteiger partial charge in [0.25, 0.3) is 5.91 Å². The smallest absolute Gasteiger partial charge is 0.263 e. The van der Waals surface area contributed by atoms with Crippen molar-refractivity contribution in [3.8, 4) is 0 Å². The molecule has 1 atom stereocenters. The Labute approximate surface area is 104 Å². The van der Waals surface area contributed by atoms with Crippen LogP contribution in [0, 0.1) is 0 Å². The minimum Gasteiger partial charge on any atom is -0.336 e. The van der Waals surface area contributed by atoms with Gasteiger partial charge in [-0.15, -0.1) is 11.3 Å². The first kappa shape index (κ1) is 12.3. The normalized spacial score (nSPS) is 20.4. The van der Waals surface area contributed by atoms with Crippen LogP contribution in [0.15, 0.2) is 12.1 Å². The number of hydrogen-bond acceptors (Lipinski definition) is 4. The van der Waals surface area contributed by atoms with Crippen molar-refractivity contribution in [1.29, 1.82) is 0 Å². The molecule has 0 aliphatic carbocycles. The van der Waals surface area contributed by atoms with Crippen LogP contribution in [-0.2, 0) is 0 Å². The van der Waals surface area contributed by atoms with E-state index in [2.05, 4.69) is 0 Å². The summed E-state index contributed by atoms with van der Waals surface area (Å²) >= 11 is 1.26. The fraction of sp³-hybridized carbons (Fsp3) is 0.500. The van der Waals surface area contributed by atoms with Crippen LogP contribution in [0.25, 0.3) is 0 Å². The van der Waals surface area contributed by atoms with Gasteiger partial charge in [0.15, 0.2) is 5.78 Å². The predicted octanol–water partition coefficient (Wildman–Crippen LogP) is 1.51. The van der Waals surface area contributed by atoms with E-state index in [1.54, 1.807) is 17.0 Å². The third-order valence-electron chi connectivity index (χ3n) is 2.91. The topological polar surface area (TPSA) is 63.4 Å². The van der Waals surface area contributed by atoms with Crippen molar-refractivity contribution < 1.29 is 9.59 Å². The van der Waals surface area contributed by atoms with Gasteiger partial charge in [-0.05, 0) is 31.9 Å². The lowest BCUT2D eigenvalue weighted by Gasteiger charge is -2.30. The number of hydrogen-bond donors (Lipinski definition) is 1. The molecule has 1 amide bonds. The minimum atomic E-state index is -0.00218. The Morgan fingerprint density at radius 1 is 1.41 bits per heavy atom. The Morgan fingerprint density at radius 2 is 2.12 bits per heavy atom. The average Bonchev–Trinajstić information content (AvgIpc) is 2.77. The fourth-order valence-corrected chi connectivity index (χ4v) is 2.86. The quantitative estimate of drug-likeness (QED) is 0.812. The molecule has 0 spiro atoms. The highest BCUT2D eigenvalue weighted by molar-refractivity contribution is 7.15. The molecule has 2 rings (SSSR count). The maximum atomic E-state index is 12.2. The number of carbonyl (C=O) groups excluding carboxylic acids is 2. The lowest BCUT2D eigenvalue weighted by molar-refractivity contribution is 0.0713. The molecular weight excluding hydrogens is 236 g/mol. The number of nitrogens with zero attached hydrogens (tertiary/aromatic N) is 1. The van der Waals surface area contributed by atoms with Crippen LogP contribution in [0.2, 0.25) is 0 Å². The first-order chi connectivity index (χ1) is 8.08.